The second kappa shape index (κ2) is 12.2. The van der Waals surface area contributed by atoms with E-state index in [1.54, 1.807) is 11.2 Å². The fraction of sp³-hybridized carbons (Fsp3) is 0.300. The Labute approximate surface area is 227 Å². The lowest BCUT2D eigenvalue weighted by atomic mass is 10.0. The highest BCUT2D eigenvalue weighted by molar-refractivity contribution is 8.01. The second-order valence-corrected chi connectivity index (χ2v) is 10.4. The first-order valence-corrected chi connectivity index (χ1v) is 13.8. The van der Waals surface area contributed by atoms with Crippen molar-refractivity contribution in [1.29, 1.82) is 5.41 Å². The molecule has 3 N–H and O–H groups in total. The number of amidine groups is 1. The van der Waals surface area contributed by atoms with Gasteiger partial charge in [0.2, 0.25) is 0 Å². The molecule has 1 fully saturated rings. The van der Waals surface area contributed by atoms with Gasteiger partial charge >= 0.3 is 5.97 Å². The molecule has 3 aromatic rings. The summed E-state index contributed by atoms with van der Waals surface area (Å²) in [6, 6.07) is 25.2. The summed E-state index contributed by atoms with van der Waals surface area (Å²) in [4.78, 5) is 28.0. The first kappa shape index (κ1) is 27.3. The van der Waals surface area contributed by atoms with Crippen molar-refractivity contribution in [2.75, 3.05) is 26.5 Å². The zero-order valence-electron chi connectivity index (χ0n) is 21.7. The van der Waals surface area contributed by atoms with Crippen LogP contribution in [0, 0.1) is 5.41 Å². The van der Waals surface area contributed by atoms with Crippen LogP contribution in [-0.2, 0) is 20.7 Å². The molecule has 0 aromatic heterocycles. The van der Waals surface area contributed by atoms with E-state index in [-0.39, 0.29) is 24.4 Å². The molecule has 1 amide bonds. The number of benzene rings is 3. The van der Waals surface area contributed by atoms with Crippen LogP contribution in [0.2, 0.25) is 0 Å². The van der Waals surface area contributed by atoms with E-state index >= 15 is 0 Å². The number of nitrogens with one attached hydrogen (secondary N) is 1. The van der Waals surface area contributed by atoms with E-state index < -0.39 is 10.7 Å². The van der Waals surface area contributed by atoms with E-state index in [2.05, 4.69) is 12.1 Å². The van der Waals surface area contributed by atoms with Crippen LogP contribution in [0.3, 0.4) is 0 Å². The molecule has 1 saturated heterocycles. The summed E-state index contributed by atoms with van der Waals surface area (Å²) < 4.78 is 9.92. The molecule has 0 saturated carbocycles. The monoisotopic (exact) mass is 531 g/mol. The predicted octanol–water partition coefficient (Wildman–Crippen LogP) is 4.52. The lowest BCUT2D eigenvalue weighted by Gasteiger charge is -2.25. The Bertz CT molecular complexity index is 1260. The van der Waals surface area contributed by atoms with Crippen molar-refractivity contribution in [1.82, 2.24) is 4.90 Å². The minimum Gasteiger partial charge on any atom is -0.491 e. The van der Waals surface area contributed by atoms with Gasteiger partial charge in [-0.25, -0.2) is 4.79 Å². The SMILES string of the molecule is COC(=O)[C@@]1(SC)C[C@@H](COc2ccc(-c3ccc(C(=N)N)cc3)cc2)N(CCCc2ccccc2)C1=O. The third kappa shape index (κ3) is 5.86. The predicted molar refractivity (Wildman–Crippen MR) is 152 cm³/mol. The zero-order chi connectivity index (χ0) is 27.1. The summed E-state index contributed by atoms with van der Waals surface area (Å²) in [5.41, 5.74) is 9.46. The summed E-state index contributed by atoms with van der Waals surface area (Å²) >= 11 is 1.24. The van der Waals surface area contributed by atoms with Crippen molar-refractivity contribution in [2.24, 2.45) is 5.73 Å². The number of thioether (sulfide) groups is 1. The van der Waals surface area contributed by atoms with Gasteiger partial charge in [-0.1, -0.05) is 66.7 Å². The average Bonchev–Trinajstić information content (AvgIpc) is 3.23. The van der Waals surface area contributed by atoms with Crippen LogP contribution in [0.5, 0.6) is 5.75 Å². The number of esters is 1. The number of nitrogens with two attached hydrogens (primary N) is 1. The van der Waals surface area contributed by atoms with Gasteiger partial charge < -0.3 is 20.1 Å². The maximum atomic E-state index is 13.5. The normalized spacial score (nSPS) is 18.8. The molecular weight excluding hydrogens is 498 g/mol. The van der Waals surface area contributed by atoms with Crippen molar-refractivity contribution in [2.45, 2.75) is 30.1 Å². The van der Waals surface area contributed by atoms with E-state index in [1.165, 1.54) is 24.4 Å². The quantitative estimate of drug-likeness (QED) is 0.163. The Kier molecular flexibility index (Phi) is 8.73. The van der Waals surface area contributed by atoms with Crippen LogP contribution in [0.25, 0.3) is 11.1 Å². The minimum atomic E-state index is -1.24. The Hall–Kier alpha value is -3.78. The first-order valence-electron chi connectivity index (χ1n) is 12.5. The van der Waals surface area contributed by atoms with Crippen molar-refractivity contribution in [3.05, 3.63) is 90.0 Å². The molecule has 1 aliphatic rings. The van der Waals surface area contributed by atoms with Crippen LogP contribution in [0.1, 0.15) is 24.0 Å². The highest BCUT2D eigenvalue weighted by Gasteiger charge is 2.57. The standard InChI is InChI=1S/C30H33N3O4S/c1-36-29(35)30(38-2)19-25(33(28(30)34)18-6-9-21-7-4-3-5-8-21)20-37-26-16-14-23(15-17-26)22-10-12-24(13-11-22)27(31)32/h3-5,7-8,10-17,25H,6,9,18-20H2,1-2H3,(H3,31,32)/t25-,30+/m0/s1. The summed E-state index contributed by atoms with van der Waals surface area (Å²) in [6.45, 7) is 0.819. The number of hydrogen-bond acceptors (Lipinski definition) is 6. The topological polar surface area (TPSA) is 106 Å². The number of aryl methyl sites for hydroxylation is 1. The van der Waals surface area contributed by atoms with Gasteiger partial charge in [-0.2, -0.15) is 0 Å². The van der Waals surface area contributed by atoms with E-state index in [1.807, 2.05) is 66.7 Å². The molecule has 4 rings (SSSR count). The molecule has 38 heavy (non-hydrogen) atoms. The van der Waals surface area contributed by atoms with Crippen molar-refractivity contribution < 1.29 is 19.1 Å². The van der Waals surface area contributed by atoms with Gasteiger partial charge in [0, 0.05) is 18.5 Å². The van der Waals surface area contributed by atoms with Crippen LogP contribution in [-0.4, -0.2) is 59.9 Å². The Morgan fingerprint density at radius 1 is 1.05 bits per heavy atom. The molecule has 1 heterocycles. The highest BCUT2D eigenvalue weighted by Crippen LogP contribution is 2.40. The molecule has 0 spiro atoms. The molecule has 3 aromatic carbocycles. The fourth-order valence-electron chi connectivity index (χ4n) is 4.83. The van der Waals surface area contributed by atoms with Gasteiger partial charge in [-0.3, -0.25) is 10.2 Å². The average molecular weight is 532 g/mol. The maximum Gasteiger partial charge on any atom is 0.331 e. The number of methoxy groups -OCH3 is 1. The van der Waals surface area contributed by atoms with E-state index in [9.17, 15) is 9.59 Å². The molecule has 0 aliphatic carbocycles. The number of ether oxygens (including phenoxy) is 2. The summed E-state index contributed by atoms with van der Waals surface area (Å²) in [6.07, 6.45) is 3.75. The lowest BCUT2D eigenvalue weighted by molar-refractivity contribution is -0.148. The summed E-state index contributed by atoms with van der Waals surface area (Å²) in [5, 5.41) is 7.54. The van der Waals surface area contributed by atoms with Gasteiger partial charge in [-0.15, -0.1) is 11.8 Å². The minimum absolute atomic E-state index is 0.0393. The second-order valence-electron chi connectivity index (χ2n) is 9.29. The number of amides is 1. The number of likely N-dealkylation sites (tertiary alicyclic amines) is 1. The number of carbonyl (C=O) groups is 2. The zero-order valence-corrected chi connectivity index (χ0v) is 22.5. The van der Waals surface area contributed by atoms with Crippen molar-refractivity contribution in [3.63, 3.8) is 0 Å². The van der Waals surface area contributed by atoms with Crippen LogP contribution < -0.4 is 10.5 Å². The Morgan fingerprint density at radius 3 is 2.26 bits per heavy atom. The van der Waals surface area contributed by atoms with Crippen LogP contribution in [0.15, 0.2) is 78.9 Å². The van der Waals surface area contributed by atoms with Crippen molar-refractivity contribution >= 4 is 29.5 Å². The van der Waals surface area contributed by atoms with E-state index in [0.717, 1.165) is 24.0 Å². The molecule has 0 radical (unpaired) electrons. The maximum absolute atomic E-state index is 13.5. The third-order valence-electron chi connectivity index (χ3n) is 6.97. The van der Waals surface area contributed by atoms with Gasteiger partial charge in [0.25, 0.3) is 5.91 Å². The fourth-order valence-corrected chi connectivity index (χ4v) is 5.73. The number of nitrogen functional groups attached to an aromatic ring is 1. The molecule has 0 unspecified atom stereocenters. The molecule has 2 atom stereocenters. The summed E-state index contributed by atoms with van der Waals surface area (Å²) in [7, 11) is 1.33. The van der Waals surface area contributed by atoms with Gasteiger partial charge in [0.15, 0.2) is 4.75 Å². The first-order chi connectivity index (χ1) is 18.4. The smallest absolute Gasteiger partial charge is 0.331 e. The number of nitrogens with zero attached hydrogens (tertiary/aromatic N) is 1. The highest BCUT2D eigenvalue weighted by atomic mass is 32.2. The van der Waals surface area contributed by atoms with E-state index in [4.69, 9.17) is 20.6 Å². The molecule has 198 valence electrons. The molecule has 7 nitrogen and oxygen atoms in total. The van der Waals surface area contributed by atoms with Gasteiger partial charge in [0.1, 0.15) is 18.2 Å². The number of rotatable bonds is 11. The van der Waals surface area contributed by atoms with Gasteiger partial charge in [0.05, 0.1) is 13.2 Å². The Morgan fingerprint density at radius 2 is 1.68 bits per heavy atom. The molecular formula is C30H33N3O4S. The van der Waals surface area contributed by atoms with Gasteiger partial charge in [-0.05, 0) is 47.9 Å². The van der Waals surface area contributed by atoms with Crippen LogP contribution >= 0.6 is 11.8 Å². The van der Waals surface area contributed by atoms with E-state index in [0.29, 0.717) is 24.3 Å². The molecule has 8 heteroatoms. The Balaban J connectivity index is 1.44. The number of carbonyl (C=O) groups excluding carboxylic acids is 2. The lowest BCUT2D eigenvalue weighted by Crippen LogP contribution is -2.45. The van der Waals surface area contributed by atoms with Crippen LogP contribution in [0.4, 0.5) is 0 Å². The number of hydrogen-bond donors (Lipinski definition) is 2. The molecule has 0 bridgehead atoms. The van der Waals surface area contributed by atoms with Crippen molar-refractivity contribution in [3.8, 4) is 16.9 Å². The molecule has 1 aliphatic heterocycles. The third-order valence-corrected chi connectivity index (χ3v) is 8.17. The summed E-state index contributed by atoms with van der Waals surface area (Å²) in [5.74, 6) is 0.0107. The largest absolute Gasteiger partial charge is 0.491 e.